The molecule has 1 fully saturated rings. The first-order chi connectivity index (χ1) is 11.8. The first-order valence-electron chi connectivity index (χ1n) is 7.46. The van der Waals surface area contributed by atoms with Crippen LogP contribution in [-0.4, -0.2) is 35.4 Å². The lowest BCUT2D eigenvalue weighted by Gasteiger charge is -2.20. The van der Waals surface area contributed by atoms with Crippen LogP contribution < -0.4 is 15.0 Å². The third-order valence-electron chi connectivity index (χ3n) is 3.88. The number of ether oxygens (including phenoxy) is 1. The van der Waals surface area contributed by atoms with E-state index in [1.165, 1.54) is 11.8 Å². The van der Waals surface area contributed by atoms with Gasteiger partial charge in [0.2, 0.25) is 5.69 Å². The fourth-order valence-corrected chi connectivity index (χ4v) is 2.44. The van der Waals surface area contributed by atoms with Crippen molar-refractivity contribution in [1.82, 2.24) is 10.2 Å². The van der Waals surface area contributed by atoms with Gasteiger partial charge in [-0.2, -0.15) is 13.2 Å². The number of carbonyl (C=O) groups excluding carboxylic acids is 1. The summed E-state index contributed by atoms with van der Waals surface area (Å²) in [5.41, 5.74) is -0.483. The average molecular weight is 358 g/mol. The van der Waals surface area contributed by atoms with Gasteiger partial charge in [-0.05, 0) is 34.9 Å². The van der Waals surface area contributed by atoms with Gasteiger partial charge < -0.3 is 9.64 Å². The standard InChI is InChI=1S/C15H14F3N3O4/c1-24-11-6-4-10(5-7-11)21-12(13(22)25-19-21)8-20(9-2-3-9)14(23)15(16,17)18/h4-7,9H,2-3,8H2,1H3/p+1. The number of amides is 1. The maximum absolute atomic E-state index is 12.8. The largest absolute Gasteiger partial charge is 0.497 e. The zero-order valence-electron chi connectivity index (χ0n) is 13.2. The van der Waals surface area contributed by atoms with Crippen LogP contribution in [0.4, 0.5) is 13.2 Å². The molecule has 2 aromatic rings. The van der Waals surface area contributed by atoms with E-state index in [2.05, 4.69) is 5.27 Å². The zero-order valence-corrected chi connectivity index (χ0v) is 13.2. The Bertz CT molecular complexity index is 822. The van der Waals surface area contributed by atoms with Gasteiger partial charge in [0.1, 0.15) is 12.3 Å². The van der Waals surface area contributed by atoms with E-state index in [9.17, 15) is 22.8 Å². The van der Waals surface area contributed by atoms with Gasteiger partial charge in [0, 0.05) is 18.2 Å². The summed E-state index contributed by atoms with van der Waals surface area (Å²) < 4.78 is 49.4. The first kappa shape index (κ1) is 17.1. The summed E-state index contributed by atoms with van der Waals surface area (Å²) in [6.07, 6.45) is -4.05. The minimum Gasteiger partial charge on any atom is -0.497 e. The molecule has 10 heteroatoms. The highest BCUT2D eigenvalue weighted by molar-refractivity contribution is 5.82. The SMILES string of the molecule is COc1ccc(-[n+]2[nH]oc(=O)c2CN(C(=O)C(F)(F)F)C2CC2)cc1. The van der Waals surface area contributed by atoms with E-state index >= 15 is 0 Å². The highest BCUT2D eigenvalue weighted by Gasteiger charge is 2.48. The Kier molecular flexibility index (Phi) is 4.27. The quantitative estimate of drug-likeness (QED) is 0.818. The number of aromatic amines is 1. The number of alkyl halides is 3. The molecule has 1 aromatic carbocycles. The van der Waals surface area contributed by atoms with Crippen molar-refractivity contribution in [3.8, 4) is 11.4 Å². The first-order valence-corrected chi connectivity index (χ1v) is 7.46. The van der Waals surface area contributed by atoms with E-state index in [0.29, 0.717) is 29.2 Å². The number of nitrogens with one attached hydrogen (secondary N) is 1. The van der Waals surface area contributed by atoms with Crippen LogP contribution >= 0.6 is 0 Å². The summed E-state index contributed by atoms with van der Waals surface area (Å²) in [6, 6.07) is 5.92. The summed E-state index contributed by atoms with van der Waals surface area (Å²) >= 11 is 0. The van der Waals surface area contributed by atoms with E-state index in [1.54, 1.807) is 24.3 Å². The summed E-state index contributed by atoms with van der Waals surface area (Å²) in [5, 5.41) is 2.34. The molecule has 1 saturated carbocycles. The molecule has 0 saturated heterocycles. The number of H-pyrrole nitrogens is 1. The second kappa shape index (κ2) is 6.26. The molecule has 1 aliphatic rings. The summed E-state index contributed by atoms with van der Waals surface area (Å²) in [6.45, 7) is -0.499. The second-order valence-corrected chi connectivity index (χ2v) is 5.62. The van der Waals surface area contributed by atoms with E-state index in [1.807, 2.05) is 0 Å². The van der Waals surface area contributed by atoms with E-state index in [0.717, 1.165) is 0 Å². The molecule has 25 heavy (non-hydrogen) atoms. The molecule has 134 valence electrons. The molecule has 3 rings (SSSR count). The van der Waals surface area contributed by atoms with Crippen molar-refractivity contribution in [2.75, 3.05) is 7.11 Å². The van der Waals surface area contributed by atoms with Gasteiger partial charge in [0.15, 0.2) is 0 Å². The third-order valence-corrected chi connectivity index (χ3v) is 3.88. The van der Waals surface area contributed by atoms with Gasteiger partial charge in [0.05, 0.1) is 7.11 Å². The predicted octanol–water partition coefficient (Wildman–Crippen LogP) is 1.31. The predicted molar refractivity (Wildman–Crippen MR) is 77.0 cm³/mol. The third kappa shape index (κ3) is 3.52. The van der Waals surface area contributed by atoms with Crippen molar-refractivity contribution in [2.24, 2.45) is 0 Å². The van der Waals surface area contributed by atoms with Gasteiger partial charge in [-0.25, -0.2) is 4.79 Å². The average Bonchev–Trinajstić information content (AvgIpc) is 3.35. The number of halogens is 3. The minimum atomic E-state index is -5.00. The summed E-state index contributed by atoms with van der Waals surface area (Å²) in [5.74, 6) is -1.39. The molecular weight excluding hydrogens is 343 g/mol. The molecule has 0 radical (unpaired) electrons. The molecule has 7 nitrogen and oxygen atoms in total. The number of hydrogen-bond acceptors (Lipinski definition) is 4. The zero-order chi connectivity index (χ0) is 18.2. The molecule has 0 unspecified atom stereocenters. The lowest BCUT2D eigenvalue weighted by atomic mass is 10.3. The van der Waals surface area contributed by atoms with Crippen molar-refractivity contribution < 1.29 is 31.9 Å². The van der Waals surface area contributed by atoms with Crippen molar-refractivity contribution in [3.05, 3.63) is 40.4 Å². The van der Waals surface area contributed by atoms with Gasteiger partial charge in [-0.3, -0.25) is 9.32 Å². The Hall–Kier alpha value is -2.78. The van der Waals surface area contributed by atoms with E-state index < -0.39 is 30.3 Å². The van der Waals surface area contributed by atoms with Crippen LogP contribution in [0, 0.1) is 0 Å². The maximum Gasteiger partial charge on any atom is 0.471 e. The summed E-state index contributed by atoms with van der Waals surface area (Å²) in [7, 11) is 1.49. The molecular formula is C15H15F3N3O4+. The van der Waals surface area contributed by atoms with Crippen LogP contribution in [0.5, 0.6) is 5.75 Å². The fourth-order valence-electron chi connectivity index (χ4n) is 2.44. The van der Waals surface area contributed by atoms with Crippen molar-refractivity contribution in [2.45, 2.75) is 31.6 Å². The lowest BCUT2D eigenvalue weighted by molar-refractivity contribution is -0.678. The highest BCUT2D eigenvalue weighted by atomic mass is 19.4. The van der Waals surface area contributed by atoms with Crippen LogP contribution in [0.25, 0.3) is 5.69 Å². The number of rotatable bonds is 5. The Morgan fingerprint density at radius 3 is 2.52 bits per heavy atom. The molecule has 1 aromatic heterocycles. The minimum absolute atomic E-state index is 0.102. The summed E-state index contributed by atoms with van der Waals surface area (Å²) in [4.78, 5) is 24.2. The Morgan fingerprint density at radius 2 is 2.00 bits per heavy atom. The fraction of sp³-hybridized carbons (Fsp3) is 0.400. The molecule has 0 aliphatic heterocycles. The van der Waals surface area contributed by atoms with Gasteiger partial charge in [-0.1, -0.05) is 0 Å². The lowest BCUT2D eigenvalue weighted by Crippen LogP contribution is -2.47. The van der Waals surface area contributed by atoms with Crippen molar-refractivity contribution >= 4 is 5.91 Å². The normalized spacial score (nSPS) is 14.4. The van der Waals surface area contributed by atoms with Gasteiger partial charge in [-0.15, -0.1) is 0 Å². The second-order valence-electron chi connectivity index (χ2n) is 5.62. The molecule has 0 spiro atoms. The van der Waals surface area contributed by atoms with Crippen LogP contribution in [0.15, 0.2) is 33.6 Å². The smallest absolute Gasteiger partial charge is 0.471 e. The van der Waals surface area contributed by atoms with Crippen LogP contribution in [0.3, 0.4) is 0 Å². The van der Waals surface area contributed by atoms with Crippen LogP contribution in [0.1, 0.15) is 18.5 Å². The molecule has 1 amide bonds. The van der Waals surface area contributed by atoms with E-state index in [-0.39, 0.29) is 5.69 Å². The monoisotopic (exact) mass is 358 g/mol. The van der Waals surface area contributed by atoms with E-state index in [4.69, 9.17) is 9.26 Å². The Labute approximate surface area is 139 Å². The molecule has 1 heterocycles. The Morgan fingerprint density at radius 1 is 1.36 bits per heavy atom. The van der Waals surface area contributed by atoms with Crippen molar-refractivity contribution in [3.63, 3.8) is 0 Å². The maximum atomic E-state index is 12.8. The van der Waals surface area contributed by atoms with Gasteiger partial charge >= 0.3 is 23.4 Å². The number of methoxy groups -OCH3 is 1. The number of nitrogens with zero attached hydrogens (tertiary/aromatic N) is 2. The van der Waals surface area contributed by atoms with Crippen LogP contribution in [-0.2, 0) is 11.3 Å². The van der Waals surface area contributed by atoms with Gasteiger partial charge in [0.25, 0.3) is 0 Å². The molecule has 0 bridgehead atoms. The van der Waals surface area contributed by atoms with Crippen LogP contribution in [0.2, 0.25) is 0 Å². The number of carbonyl (C=O) groups is 1. The molecule has 1 aliphatic carbocycles. The topological polar surface area (TPSA) is 79.4 Å². The number of benzene rings is 1. The number of aromatic nitrogens is 2. The van der Waals surface area contributed by atoms with Crippen molar-refractivity contribution in [1.29, 1.82) is 0 Å². The Balaban J connectivity index is 1.93. The highest BCUT2D eigenvalue weighted by Crippen LogP contribution is 2.31. The molecule has 1 N–H and O–H groups in total. The molecule has 0 atom stereocenters. The number of hydrogen-bond donors (Lipinski definition) is 1.